The van der Waals surface area contributed by atoms with E-state index in [1.165, 1.54) is 38.8 Å². The molecule has 0 aromatic heterocycles. The van der Waals surface area contributed by atoms with Crippen LogP contribution in [0.2, 0.25) is 0 Å². The quantitative estimate of drug-likeness (QED) is 0.748. The molecular formula is C16H23N. The number of rotatable bonds is 2. The number of hydrogen-bond acceptors (Lipinski definition) is 1. The number of benzene rings is 1. The summed E-state index contributed by atoms with van der Waals surface area (Å²) in [5, 5.41) is 0. The average molecular weight is 229 g/mol. The van der Waals surface area contributed by atoms with Gasteiger partial charge in [0.1, 0.15) is 0 Å². The first-order chi connectivity index (χ1) is 8.34. The molecule has 2 aliphatic rings. The van der Waals surface area contributed by atoms with Crippen molar-refractivity contribution in [3.63, 3.8) is 0 Å². The Morgan fingerprint density at radius 1 is 1.06 bits per heavy atom. The number of likely N-dealkylation sites (tertiary alicyclic amines) is 1. The van der Waals surface area contributed by atoms with E-state index in [1.54, 1.807) is 5.56 Å². The minimum Gasteiger partial charge on any atom is -0.300 e. The van der Waals surface area contributed by atoms with Gasteiger partial charge in [0.25, 0.3) is 0 Å². The highest BCUT2D eigenvalue weighted by atomic mass is 15.2. The van der Waals surface area contributed by atoms with Gasteiger partial charge in [0.15, 0.2) is 0 Å². The fourth-order valence-electron chi connectivity index (χ4n) is 3.46. The predicted molar refractivity (Wildman–Crippen MR) is 72.2 cm³/mol. The summed E-state index contributed by atoms with van der Waals surface area (Å²) in [4.78, 5) is 2.74. The lowest BCUT2D eigenvalue weighted by Gasteiger charge is -2.44. The van der Waals surface area contributed by atoms with Crippen LogP contribution in [-0.4, -0.2) is 24.0 Å². The van der Waals surface area contributed by atoms with Crippen molar-refractivity contribution in [2.45, 2.75) is 44.6 Å². The average Bonchev–Trinajstić information content (AvgIpc) is 2.28. The molecule has 0 unspecified atom stereocenters. The topological polar surface area (TPSA) is 3.24 Å². The second-order valence-corrected chi connectivity index (χ2v) is 5.86. The maximum Gasteiger partial charge on any atom is 0.00954 e. The van der Waals surface area contributed by atoms with E-state index in [0.717, 1.165) is 17.9 Å². The minimum absolute atomic E-state index is 0.785. The van der Waals surface area contributed by atoms with Crippen molar-refractivity contribution in [2.24, 2.45) is 5.92 Å². The molecule has 1 aromatic carbocycles. The van der Waals surface area contributed by atoms with E-state index in [9.17, 15) is 0 Å². The molecule has 0 spiro atoms. The first-order valence-electron chi connectivity index (χ1n) is 7.13. The first kappa shape index (κ1) is 11.3. The van der Waals surface area contributed by atoms with E-state index in [0.29, 0.717) is 0 Å². The first-order valence-corrected chi connectivity index (χ1v) is 7.13. The highest BCUT2D eigenvalue weighted by molar-refractivity contribution is 5.21. The third kappa shape index (κ3) is 2.26. The Labute approximate surface area is 105 Å². The fourth-order valence-corrected chi connectivity index (χ4v) is 3.46. The fraction of sp³-hybridized carbons (Fsp3) is 0.625. The van der Waals surface area contributed by atoms with Gasteiger partial charge in [0.05, 0.1) is 0 Å². The Hall–Kier alpha value is -0.820. The summed E-state index contributed by atoms with van der Waals surface area (Å²) < 4.78 is 0. The summed E-state index contributed by atoms with van der Waals surface area (Å²) in [6, 6.07) is 12.0. The van der Waals surface area contributed by atoms with E-state index in [1.807, 2.05) is 0 Å². The van der Waals surface area contributed by atoms with Gasteiger partial charge in [-0.25, -0.2) is 0 Å². The lowest BCUT2D eigenvalue weighted by atomic mass is 9.79. The van der Waals surface area contributed by atoms with Crippen molar-refractivity contribution < 1.29 is 0 Å². The van der Waals surface area contributed by atoms with Crippen molar-refractivity contribution in [3.05, 3.63) is 35.9 Å². The molecule has 92 valence electrons. The van der Waals surface area contributed by atoms with Crippen LogP contribution < -0.4 is 0 Å². The second kappa shape index (κ2) is 4.81. The monoisotopic (exact) mass is 229 g/mol. The zero-order valence-electron chi connectivity index (χ0n) is 10.8. The highest BCUT2D eigenvalue weighted by Crippen LogP contribution is 2.36. The number of hydrogen-bond donors (Lipinski definition) is 0. The second-order valence-electron chi connectivity index (χ2n) is 5.86. The Morgan fingerprint density at radius 2 is 1.82 bits per heavy atom. The molecule has 1 heterocycles. The predicted octanol–water partition coefficient (Wildman–Crippen LogP) is 3.66. The Morgan fingerprint density at radius 3 is 2.41 bits per heavy atom. The van der Waals surface area contributed by atoms with Crippen LogP contribution in [0, 0.1) is 5.92 Å². The summed E-state index contributed by atoms with van der Waals surface area (Å²) in [5.41, 5.74) is 1.55. The van der Waals surface area contributed by atoms with Gasteiger partial charge in [-0.3, -0.25) is 0 Å². The molecule has 2 atom stereocenters. The molecule has 1 aromatic rings. The van der Waals surface area contributed by atoms with Crippen molar-refractivity contribution in [1.82, 2.24) is 4.90 Å². The van der Waals surface area contributed by atoms with Gasteiger partial charge in [0.2, 0.25) is 0 Å². The summed E-state index contributed by atoms with van der Waals surface area (Å²) in [6.45, 7) is 5.06. The molecule has 0 amide bonds. The molecule has 3 rings (SSSR count). The van der Waals surface area contributed by atoms with Crippen LogP contribution in [0.25, 0.3) is 0 Å². The van der Waals surface area contributed by atoms with Crippen molar-refractivity contribution in [3.8, 4) is 0 Å². The zero-order valence-corrected chi connectivity index (χ0v) is 10.8. The lowest BCUT2D eigenvalue weighted by molar-refractivity contribution is 0.0712. The molecule has 1 saturated heterocycles. The lowest BCUT2D eigenvalue weighted by Crippen LogP contribution is -2.47. The molecular weight excluding hydrogens is 206 g/mol. The van der Waals surface area contributed by atoms with Gasteiger partial charge in [-0.15, -0.1) is 0 Å². The maximum atomic E-state index is 2.74. The minimum atomic E-state index is 0.785. The molecule has 0 bridgehead atoms. The van der Waals surface area contributed by atoms with Crippen LogP contribution in [-0.2, 0) is 0 Å². The van der Waals surface area contributed by atoms with E-state index in [-0.39, 0.29) is 0 Å². The van der Waals surface area contributed by atoms with E-state index < -0.39 is 0 Å². The van der Waals surface area contributed by atoms with Crippen LogP contribution in [0.3, 0.4) is 0 Å². The van der Waals surface area contributed by atoms with Crippen molar-refractivity contribution in [1.29, 1.82) is 0 Å². The number of nitrogens with zero attached hydrogens (tertiary/aromatic N) is 1. The summed E-state index contributed by atoms with van der Waals surface area (Å²) in [7, 11) is 0. The largest absolute Gasteiger partial charge is 0.300 e. The zero-order chi connectivity index (χ0) is 11.7. The van der Waals surface area contributed by atoms with E-state index in [4.69, 9.17) is 0 Å². The van der Waals surface area contributed by atoms with Crippen LogP contribution in [0.5, 0.6) is 0 Å². The van der Waals surface area contributed by atoms with Crippen LogP contribution >= 0.6 is 0 Å². The van der Waals surface area contributed by atoms with Crippen LogP contribution in [0.4, 0.5) is 0 Å². The Bertz CT molecular complexity index is 355. The molecule has 1 nitrogen and oxygen atoms in total. The molecule has 0 N–H and O–H groups in total. The third-order valence-electron chi connectivity index (χ3n) is 4.76. The maximum absolute atomic E-state index is 2.74. The van der Waals surface area contributed by atoms with Gasteiger partial charge in [0, 0.05) is 12.6 Å². The van der Waals surface area contributed by atoms with Crippen LogP contribution in [0.15, 0.2) is 30.3 Å². The SMILES string of the molecule is C[C@@H]1CN(C2CCC2)CC[C@H]1c1ccccc1. The summed E-state index contributed by atoms with van der Waals surface area (Å²) in [5.74, 6) is 1.60. The highest BCUT2D eigenvalue weighted by Gasteiger charge is 2.32. The summed E-state index contributed by atoms with van der Waals surface area (Å²) in [6.07, 6.45) is 5.70. The number of piperidine rings is 1. The normalized spacial score (nSPS) is 31.1. The third-order valence-corrected chi connectivity index (χ3v) is 4.76. The Kier molecular flexibility index (Phi) is 3.19. The summed E-state index contributed by atoms with van der Waals surface area (Å²) >= 11 is 0. The smallest absolute Gasteiger partial charge is 0.00954 e. The van der Waals surface area contributed by atoms with E-state index >= 15 is 0 Å². The van der Waals surface area contributed by atoms with Gasteiger partial charge in [-0.1, -0.05) is 43.7 Å². The van der Waals surface area contributed by atoms with Gasteiger partial charge >= 0.3 is 0 Å². The van der Waals surface area contributed by atoms with Gasteiger partial charge < -0.3 is 4.90 Å². The molecule has 1 aliphatic heterocycles. The van der Waals surface area contributed by atoms with E-state index in [2.05, 4.69) is 42.2 Å². The molecule has 2 fully saturated rings. The molecule has 17 heavy (non-hydrogen) atoms. The molecule has 1 saturated carbocycles. The van der Waals surface area contributed by atoms with Gasteiger partial charge in [-0.05, 0) is 43.2 Å². The molecule has 0 radical (unpaired) electrons. The van der Waals surface area contributed by atoms with Crippen molar-refractivity contribution in [2.75, 3.05) is 13.1 Å². The molecule has 1 heteroatoms. The standard InChI is InChI=1S/C16H23N/c1-13-12-17(15-8-5-9-15)11-10-16(13)14-6-3-2-4-7-14/h2-4,6-7,13,15-16H,5,8-12H2,1H3/t13-,16-/m1/s1. The molecule has 1 aliphatic carbocycles. The van der Waals surface area contributed by atoms with Crippen molar-refractivity contribution >= 4 is 0 Å². The van der Waals surface area contributed by atoms with Crippen LogP contribution in [0.1, 0.15) is 44.1 Å². The van der Waals surface area contributed by atoms with Gasteiger partial charge in [-0.2, -0.15) is 0 Å². The Balaban J connectivity index is 1.66.